The molecule has 1 heterocycles. The van der Waals surface area contributed by atoms with Gasteiger partial charge in [0.25, 0.3) is 0 Å². The van der Waals surface area contributed by atoms with E-state index in [0.29, 0.717) is 21.9 Å². The van der Waals surface area contributed by atoms with Crippen molar-refractivity contribution in [2.24, 2.45) is 0 Å². The Labute approximate surface area is 110 Å². The molecule has 0 fully saturated rings. The summed E-state index contributed by atoms with van der Waals surface area (Å²) in [6.45, 7) is 1.89. The third-order valence-corrected chi connectivity index (χ3v) is 3.09. The molecule has 4 heteroatoms. The first-order chi connectivity index (χ1) is 8.63. The second-order valence-electron chi connectivity index (χ2n) is 3.87. The molecule has 0 N–H and O–H groups in total. The molecule has 0 spiro atoms. The Balaban J connectivity index is 2.44. The summed E-state index contributed by atoms with van der Waals surface area (Å²) >= 11 is 6.02. The van der Waals surface area contributed by atoms with Crippen LogP contribution in [0.5, 0.6) is 5.75 Å². The van der Waals surface area contributed by atoms with Crippen LogP contribution in [0.15, 0.2) is 36.7 Å². The van der Waals surface area contributed by atoms with Crippen LogP contribution in [0.25, 0.3) is 0 Å². The van der Waals surface area contributed by atoms with Gasteiger partial charge in [-0.15, -0.1) is 0 Å². The topological polar surface area (TPSA) is 39.2 Å². The molecule has 0 saturated carbocycles. The van der Waals surface area contributed by atoms with E-state index in [1.54, 1.807) is 24.4 Å². The Morgan fingerprint density at radius 2 is 2.11 bits per heavy atom. The highest BCUT2D eigenvalue weighted by molar-refractivity contribution is 6.32. The summed E-state index contributed by atoms with van der Waals surface area (Å²) in [5, 5.41) is 0.578. The van der Waals surface area contributed by atoms with Crippen molar-refractivity contribution in [2.75, 3.05) is 7.11 Å². The average molecular weight is 262 g/mol. The lowest BCUT2D eigenvalue weighted by atomic mass is 10.0. The average Bonchev–Trinajstić information content (AvgIpc) is 2.41. The van der Waals surface area contributed by atoms with E-state index in [1.807, 2.05) is 13.0 Å². The van der Waals surface area contributed by atoms with Gasteiger partial charge in [-0.05, 0) is 24.6 Å². The van der Waals surface area contributed by atoms with Crippen molar-refractivity contribution in [1.82, 2.24) is 4.98 Å². The molecule has 0 aliphatic carbocycles. The number of halogens is 1. The summed E-state index contributed by atoms with van der Waals surface area (Å²) in [5.41, 5.74) is 1.96. The van der Waals surface area contributed by atoms with Crippen LogP contribution in [0.3, 0.4) is 0 Å². The summed E-state index contributed by atoms with van der Waals surface area (Å²) in [5.74, 6) is 0.329. The predicted molar refractivity (Wildman–Crippen MR) is 70.4 cm³/mol. The molecule has 3 nitrogen and oxygen atoms in total. The second kappa shape index (κ2) is 5.19. The molecule has 0 aliphatic heterocycles. The standard InChI is InChI=1S/C14H12ClNO2/c1-9-3-4-10(7-12(9)15)14(17)11-5-6-16-8-13(11)18-2/h3-8H,1-2H3. The Bertz CT molecular complexity index is 596. The largest absolute Gasteiger partial charge is 0.494 e. The molecule has 0 aliphatic rings. The van der Waals surface area contributed by atoms with Crippen molar-refractivity contribution >= 4 is 17.4 Å². The molecule has 0 amide bonds. The number of ketones is 1. The van der Waals surface area contributed by atoms with E-state index in [0.717, 1.165) is 5.56 Å². The minimum atomic E-state index is -0.129. The van der Waals surface area contributed by atoms with Gasteiger partial charge in [-0.1, -0.05) is 23.7 Å². The Morgan fingerprint density at radius 1 is 1.33 bits per heavy atom. The molecule has 1 aromatic heterocycles. The first kappa shape index (κ1) is 12.6. The highest BCUT2D eigenvalue weighted by Crippen LogP contribution is 2.23. The Hall–Kier alpha value is -1.87. The Morgan fingerprint density at radius 3 is 2.78 bits per heavy atom. The number of nitrogens with zero attached hydrogens (tertiary/aromatic N) is 1. The van der Waals surface area contributed by atoms with Crippen LogP contribution >= 0.6 is 11.6 Å². The molecule has 0 atom stereocenters. The summed E-state index contributed by atoms with van der Waals surface area (Å²) < 4.78 is 5.13. The van der Waals surface area contributed by atoms with Gasteiger partial charge < -0.3 is 4.74 Å². The molecule has 0 bridgehead atoms. The van der Waals surface area contributed by atoms with Gasteiger partial charge in [-0.3, -0.25) is 9.78 Å². The molecular formula is C14H12ClNO2. The van der Waals surface area contributed by atoms with Crippen LogP contribution in [0.2, 0.25) is 5.02 Å². The van der Waals surface area contributed by atoms with Crippen LogP contribution in [0.4, 0.5) is 0 Å². The van der Waals surface area contributed by atoms with E-state index in [4.69, 9.17) is 16.3 Å². The first-order valence-electron chi connectivity index (χ1n) is 5.42. The predicted octanol–water partition coefficient (Wildman–Crippen LogP) is 3.28. The minimum Gasteiger partial charge on any atom is -0.494 e. The lowest BCUT2D eigenvalue weighted by Crippen LogP contribution is -2.04. The van der Waals surface area contributed by atoms with Gasteiger partial charge in [0, 0.05) is 16.8 Å². The van der Waals surface area contributed by atoms with Crippen molar-refractivity contribution in [3.8, 4) is 5.75 Å². The van der Waals surface area contributed by atoms with Gasteiger partial charge >= 0.3 is 0 Å². The van der Waals surface area contributed by atoms with Crippen molar-refractivity contribution in [1.29, 1.82) is 0 Å². The van der Waals surface area contributed by atoms with Crippen LogP contribution in [-0.4, -0.2) is 17.9 Å². The van der Waals surface area contributed by atoms with Crippen LogP contribution in [0.1, 0.15) is 21.5 Å². The SMILES string of the molecule is COc1cnccc1C(=O)c1ccc(C)c(Cl)c1. The zero-order valence-corrected chi connectivity index (χ0v) is 10.9. The normalized spacial score (nSPS) is 10.2. The number of hydrogen-bond donors (Lipinski definition) is 0. The molecule has 2 rings (SSSR count). The number of aromatic nitrogens is 1. The van der Waals surface area contributed by atoms with Gasteiger partial charge in [0.1, 0.15) is 5.75 Å². The van der Waals surface area contributed by atoms with Gasteiger partial charge in [0.2, 0.25) is 0 Å². The maximum atomic E-state index is 12.3. The van der Waals surface area contributed by atoms with E-state index in [9.17, 15) is 4.79 Å². The number of ether oxygens (including phenoxy) is 1. The molecule has 92 valence electrons. The number of rotatable bonds is 3. The van der Waals surface area contributed by atoms with Crippen molar-refractivity contribution in [3.05, 3.63) is 58.4 Å². The maximum absolute atomic E-state index is 12.3. The van der Waals surface area contributed by atoms with Gasteiger partial charge in [0.05, 0.1) is 18.9 Å². The number of carbonyl (C=O) groups excluding carboxylic acids is 1. The smallest absolute Gasteiger partial charge is 0.196 e. The fourth-order valence-electron chi connectivity index (χ4n) is 1.62. The summed E-state index contributed by atoms with van der Waals surface area (Å²) in [6, 6.07) is 6.88. The van der Waals surface area contributed by atoms with E-state index in [-0.39, 0.29) is 5.78 Å². The van der Waals surface area contributed by atoms with Gasteiger partial charge in [-0.25, -0.2) is 0 Å². The Kier molecular flexibility index (Phi) is 3.63. The quantitative estimate of drug-likeness (QED) is 0.796. The summed E-state index contributed by atoms with van der Waals surface area (Å²) in [4.78, 5) is 16.2. The van der Waals surface area contributed by atoms with Crippen LogP contribution < -0.4 is 4.74 Å². The number of hydrogen-bond acceptors (Lipinski definition) is 3. The summed E-state index contributed by atoms with van der Waals surface area (Å²) in [7, 11) is 1.51. The molecule has 0 unspecified atom stereocenters. The van der Waals surface area contributed by atoms with Crippen LogP contribution in [-0.2, 0) is 0 Å². The highest BCUT2D eigenvalue weighted by atomic mass is 35.5. The second-order valence-corrected chi connectivity index (χ2v) is 4.28. The molecule has 0 radical (unpaired) electrons. The van der Waals surface area contributed by atoms with E-state index in [1.165, 1.54) is 13.3 Å². The number of aryl methyl sites for hydroxylation is 1. The van der Waals surface area contributed by atoms with Gasteiger partial charge in [0.15, 0.2) is 5.78 Å². The lowest BCUT2D eigenvalue weighted by molar-refractivity contribution is 0.103. The molecular weight excluding hydrogens is 250 g/mol. The monoisotopic (exact) mass is 261 g/mol. The number of carbonyl (C=O) groups is 1. The fourth-order valence-corrected chi connectivity index (χ4v) is 1.80. The fraction of sp³-hybridized carbons (Fsp3) is 0.143. The third-order valence-electron chi connectivity index (χ3n) is 2.68. The summed E-state index contributed by atoms with van der Waals surface area (Å²) in [6.07, 6.45) is 3.08. The third kappa shape index (κ3) is 2.36. The van der Waals surface area contributed by atoms with Crippen molar-refractivity contribution in [3.63, 3.8) is 0 Å². The van der Waals surface area contributed by atoms with Crippen molar-refractivity contribution in [2.45, 2.75) is 6.92 Å². The molecule has 1 aromatic carbocycles. The number of pyridine rings is 1. The molecule has 0 saturated heterocycles. The van der Waals surface area contributed by atoms with E-state index >= 15 is 0 Å². The van der Waals surface area contributed by atoms with E-state index in [2.05, 4.69) is 4.98 Å². The zero-order valence-electron chi connectivity index (χ0n) is 10.1. The lowest BCUT2D eigenvalue weighted by Gasteiger charge is -2.07. The molecule has 18 heavy (non-hydrogen) atoms. The maximum Gasteiger partial charge on any atom is 0.196 e. The number of methoxy groups -OCH3 is 1. The van der Waals surface area contributed by atoms with Crippen LogP contribution in [0, 0.1) is 6.92 Å². The van der Waals surface area contributed by atoms with E-state index < -0.39 is 0 Å². The molecule has 2 aromatic rings. The van der Waals surface area contributed by atoms with Crippen molar-refractivity contribution < 1.29 is 9.53 Å². The van der Waals surface area contributed by atoms with Gasteiger partial charge in [-0.2, -0.15) is 0 Å². The number of benzene rings is 1. The first-order valence-corrected chi connectivity index (χ1v) is 5.80. The highest BCUT2D eigenvalue weighted by Gasteiger charge is 2.14. The zero-order chi connectivity index (χ0) is 13.1. The minimum absolute atomic E-state index is 0.129.